The summed E-state index contributed by atoms with van der Waals surface area (Å²) in [6.45, 7) is 9.34. The Hall–Kier alpha value is -1.59. The summed E-state index contributed by atoms with van der Waals surface area (Å²) >= 11 is 5.87. The van der Waals surface area contributed by atoms with Gasteiger partial charge in [0.1, 0.15) is 0 Å². The lowest BCUT2D eigenvalue weighted by Crippen LogP contribution is -2.48. The molecule has 6 heteroatoms. The Morgan fingerprint density at radius 2 is 1.71 bits per heavy atom. The van der Waals surface area contributed by atoms with Crippen molar-refractivity contribution in [2.24, 2.45) is 0 Å². The van der Waals surface area contributed by atoms with Gasteiger partial charge < -0.3 is 10.2 Å². The molecule has 0 saturated carbocycles. The molecule has 1 aromatic carbocycles. The average Bonchev–Trinajstić information content (AvgIpc) is 2.46. The van der Waals surface area contributed by atoms with Crippen molar-refractivity contribution in [3.05, 3.63) is 34.9 Å². The van der Waals surface area contributed by atoms with Crippen LogP contribution in [0.3, 0.4) is 0 Å². The third kappa shape index (κ3) is 7.79. The van der Waals surface area contributed by atoms with Crippen molar-refractivity contribution in [3.8, 4) is 0 Å². The van der Waals surface area contributed by atoms with Crippen LogP contribution in [0.4, 0.5) is 0 Å². The van der Waals surface area contributed by atoms with Gasteiger partial charge in [0, 0.05) is 24.2 Å². The van der Waals surface area contributed by atoms with Crippen LogP contribution in [0, 0.1) is 0 Å². The molecule has 5 nitrogen and oxygen atoms in total. The third-order valence-electron chi connectivity index (χ3n) is 3.45. The van der Waals surface area contributed by atoms with Gasteiger partial charge in [-0.25, -0.2) is 0 Å². The van der Waals surface area contributed by atoms with Gasteiger partial charge in [-0.2, -0.15) is 0 Å². The van der Waals surface area contributed by atoms with E-state index in [0.29, 0.717) is 18.1 Å². The van der Waals surface area contributed by atoms with Crippen molar-refractivity contribution in [1.82, 2.24) is 15.1 Å². The topological polar surface area (TPSA) is 52.7 Å². The molecule has 0 aliphatic carbocycles. The summed E-state index contributed by atoms with van der Waals surface area (Å²) in [5.41, 5.74) is 0.745. The van der Waals surface area contributed by atoms with Crippen LogP contribution in [-0.4, -0.2) is 53.8 Å². The SMILES string of the molecule is CCN(CC(=O)NC(C)(C)C)CC(=O)N(C)Cc1ccc(Cl)cc1. The van der Waals surface area contributed by atoms with Crippen molar-refractivity contribution in [1.29, 1.82) is 0 Å². The van der Waals surface area contributed by atoms with E-state index in [0.717, 1.165) is 5.56 Å². The molecule has 0 aromatic heterocycles. The lowest BCUT2D eigenvalue weighted by Gasteiger charge is -2.26. The monoisotopic (exact) mass is 353 g/mol. The second-order valence-electron chi connectivity index (χ2n) is 6.98. The average molecular weight is 354 g/mol. The first-order valence-electron chi connectivity index (χ1n) is 8.12. The van der Waals surface area contributed by atoms with E-state index in [9.17, 15) is 9.59 Å². The summed E-state index contributed by atoms with van der Waals surface area (Å²) in [5, 5.41) is 3.59. The summed E-state index contributed by atoms with van der Waals surface area (Å²) in [6, 6.07) is 7.43. The second-order valence-corrected chi connectivity index (χ2v) is 7.41. The Labute approximate surface area is 150 Å². The Kier molecular flexibility index (Phi) is 7.70. The first-order chi connectivity index (χ1) is 11.1. The molecule has 1 aromatic rings. The van der Waals surface area contributed by atoms with Crippen LogP contribution in [0.2, 0.25) is 5.02 Å². The van der Waals surface area contributed by atoms with Crippen molar-refractivity contribution < 1.29 is 9.59 Å². The maximum atomic E-state index is 12.4. The van der Waals surface area contributed by atoms with E-state index in [1.807, 2.05) is 56.9 Å². The number of amides is 2. The van der Waals surface area contributed by atoms with Crippen LogP contribution in [-0.2, 0) is 16.1 Å². The number of nitrogens with zero attached hydrogens (tertiary/aromatic N) is 2. The summed E-state index contributed by atoms with van der Waals surface area (Å²) < 4.78 is 0. The van der Waals surface area contributed by atoms with E-state index < -0.39 is 0 Å². The number of carbonyl (C=O) groups excluding carboxylic acids is 2. The largest absolute Gasteiger partial charge is 0.350 e. The fourth-order valence-corrected chi connectivity index (χ4v) is 2.33. The lowest BCUT2D eigenvalue weighted by atomic mass is 10.1. The van der Waals surface area contributed by atoms with Gasteiger partial charge in [0.25, 0.3) is 0 Å². The quantitative estimate of drug-likeness (QED) is 0.819. The van der Waals surface area contributed by atoms with Crippen molar-refractivity contribution in [3.63, 3.8) is 0 Å². The maximum Gasteiger partial charge on any atom is 0.236 e. The minimum atomic E-state index is -0.272. The zero-order chi connectivity index (χ0) is 18.3. The van der Waals surface area contributed by atoms with Crippen molar-refractivity contribution in [2.75, 3.05) is 26.7 Å². The zero-order valence-corrected chi connectivity index (χ0v) is 16.0. The Morgan fingerprint density at radius 1 is 1.12 bits per heavy atom. The van der Waals surface area contributed by atoms with E-state index >= 15 is 0 Å². The van der Waals surface area contributed by atoms with Gasteiger partial charge in [-0.05, 0) is 45.0 Å². The van der Waals surface area contributed by atoms with Crippen LogP contribution in [0.25, 0.3) is 0 Å². The summed E-state index contributed by atoms with van der Waals surface area (Å²) in [6.07, 6.45) is 0. The van der Waals surface area contributed by atoms with Gasteiger partial charge in [0.05, 0.1) is 13.1 Å². The van der Waals surface area contributed by atoms with Gasteiger partial charge in [0.15, 0.2) is 0 Å². The Morgan fingerprint density at radius 3 is 2.21 bits per heavy atom. The highest BCUT2D eigenvalue weighted by molar-refractivity contribution is 6.30. The highest BCUT2D eigenvalue weighted by Crippen LogP contribution is 2.11. The lowest BCUT2D eigenvalue weighted by molar-refractivity contribution is -0.132. The molecule has 0 saturated heterocycles. The molecule has 0 spiro atoms. The molecule has 2 amide bonds. The molecule has 0 radical (unpaired) electrons. The van der Waals surface area contributed by atoms with Crippen LogP contribution in [0.1, 0.15) is 33.3 Å². The molecule has 0 heterocycles. The number of hydrogen-bond donors (Lipinski definition) is 1. The Bertz CT molecular complexity index is 552. The molecule has 134 valence electrons. The number of benzene rings is 1. The van der Waals surface area contributed by atoms with E-state index in [2.05, 4.69) is 5.32 Å². The molecule has 24 heavy (non-hydrogen) atoms. The van der Waals surface area contributed by atoms with Crippen LogP contribution >= 0.6 is 11.6 Å². The van der Waals surface area contributed by atoms with Gasteiger partial charge in [-0.15, -0.1) is 0 Å². The van der Waals surface area contributed by atoms with Crippen LogP contribution < -0.4 is 5.32 Å². The number of hydrogen-bond acceptors (Lipinski definition) is 3. The number of likely N-dealkylation sites (N-methyl/N-ethyl adjacent to an activating group) is 2. The van der Waals surface area contributed by atoms with Crippen molar-refractivity contribution >= 4 is 23.4 Å². The maximum absolute atomic E-state index is 12.4. The first-order valence-corrected chi connectivity index (χ1v) is 8.50. The molecule has 0 fully saturated rings. The number of nitrogens with one attached hydrogen (secondary N) is 1. The predicted octanol–water partition coefficient (Wildman–Crippen LogP) is 2.54. The summed E-state index contributed by atoms with van der Waals surface area (Å²) in [4.78, 5) is 27.9. The van der Waals surface area contributed by atoms with E-state index in [4.69, 9.17) is 11.6 Å². The molecule has 1 rings (SSSR count). The number of halogens is 1. The zero-order valence-electron chi connectivity index (χ0n) is 15.2. The van der Waals surface area contributed by atoms with Gasteiger partial charge in [-0.3, -0.25) is 14.5 Å². The van der Waals surface area contributed by atoms with E-state index in [1.165, 1.54) is 0 Å². The van der Waals surface area contributed by atoms with E-state index in [1.54, 1.807) is 11.9 Å². The smallest absolute Gasteiger partial charge is 0.236 e. The van der Waals surface area contributed by atoms with Crippen LogP contribution in [0.5, 0.6) is 0 Å². The molecule has 0 atom stereocenters. The summed E-state index contributed by atoms with van der Waals surface area (Å²) in [5.74, 6) is -0.0899. The Balaban J connectivity index is 2.53. The fraction of sp³-hybridized carbons (Fsp3) is 0.556. The molecule has 0 unspecified atom stereocenters. The fourth-order valence-electron chi connectivity index (χ4n) is 2.20. The molecule has 1 N–H and O–H groups in total. The van der Waals surface area contributed by atoms with Crippen molar-refractivity contribution in [2.45, 2.75) is 39.8 Å². The normalized spacial score (nSPS) is 11.5. The first kappa shape index (κ1) is 20.5. The highest BCUT2D eigenvalue weighted by atomic mass is 35.5. The minimum Gasteiger partial charge on any atom is -0.350 e. The van der Waals surface area contributed by atoms with E-state index in [-0.39, 0.29) is 30.4 Å². The van der Waals surface area contributed by atoms with Gasteiger partial charge in [-0.1, -0.05) is 30.7 Å². The minimum absolute atomic E-state index is 0.0182. The highest BCUT2D eigenvalue weighted by Gasteiger charge is 2.19. The molecule has 0 aliphatic rings. The molecular formula is C18H28ClN3O2. The van der Waals surface area contributed by atoms with Gasteiger partial charge >= 0.3 is 0 Å². The molecular weight excluding hydrogens is 326 g/mol. The van der Waals surface area contributed by atoms with Gasteiger partial charge in [0.2, 0.25) is 11.8 Å². The molecule has 0 bridgehead atoms. The van der Waals surface area contributed by atoms with Crippen LogP contribution in [0.15, 0.2) is 24.3 Å². The predicted molar refractivity (Wildman–Crippen MR) is 97.9 cm³/mol. The standard InChI is InChI=1S/C18H28ClN3O2/c1-6-22(12-16(23)20-18(2,3)4)13-17(24)21(5)11-14-7-9-15(19)10-8-14/h7-10H,6,11-13H2,1-5H3,(H,20,23). The molecule has 0 aliphatic heterocycles. The second kappa shape index (κ2) is 9.04. The third-order valence-corrected chi connectivity index (χ3v) is 3.70. The number of carbonyl (C=O) groups is 2. The summed E-state index contributed by atoms with van der Waals surface area (Å²) in [7, 11) is 1.76. The number of rotatable bonds is 7.